The molecule has 1 saturated heterocycles. The zero-order valence-electron chi connectivity index (χ0n) is 10.1. The van der Waals surface area contributed by atoms with Crippen LogP contribution in [0.5, 0.6) is 5.75 Å². The number of amides is 1. The third-order valence-electron chi connectivity index (χ3n) is 3.79. The fourth-order valence-corrected chi connectivity index (χ4v) is 2.93. The van der Waals surface area contributed by atoms with Gasteiger partial charge in [-0.25, -0.2) is 0 Å². The lowest BCUT2D eigenvalue weighted by Crippen LogP contribution is -2.42. The topological polar surface area (TPSA) is 29.5 Å². The first-order valence-electron chi connectivity index (χ1n) is 6.38. The number of benzene rings is 1. The van der Waals surface area contributed by atoms with E-state index in [9.17, 15) is 4.79 Å². The van der Waals surface area contributed by atoms with E-state index in [1.54, 1.807) is 0 Å². The highest BCUT2D eigenvalue weighted by molar-refractivity contribution is 5.97. The van der Waals surface area contributed by atoms with E-state index in [2.05, 4.69) is 6.92 Å². The molecule has 0 bridgehead atoms. The third kappa shape index (κ3) is 1.61. The Kier molecular flexibility index (Phi) is 2.54. The molecule has 0 aromatic heterocycles. The largest absolute Gasteiger partial charge is 0.487 e. The number of ether oxygens (including phenoxy) is 1. The molecule has 1 fully saturated rings. The van der Waals surface area contributed by atoms with Crippen LogP contribution in [0.15, 0.2) is 24.3 Å². The minimum Gasteiger partial charge on any atom is -0.487 e. The molecule has 0 saturated carbocycles. The number of carbonyl (C=O) groups excluding carboxylic acids is 1. The monoisotopic (exact) mass is 231 g/mol. The molecular formula is C14H17NO2. The number of fused-ring (bicyclic) bond motifs is 2. The van der Waals surface area contributed by atoms with Crippen molar-refractivity contribution in [2.24, 2.45) is 0 Å². The number of nitrogens with zero attached hydrogens (tertiary/aromatic N) is 1. The maximum atomic E-state index is 12.4. The predicted octanol–water partition coefficient (Wildman–Crippen LogP) is 2.46. The molecule has 0 aliphatic carbocycles. The Morgan fingerprint density at radius 1 is 1.41 bits per heavy atom. The van der Waals surface area contributed by atoms with Crippen molar-refractivity contribution >= 4 is 5.91 Å². The summed E-state index contributed by atoms with van der Waals surface area (Å²) < 4.78 is 6.03. The van der Waals surface area contributed by atoms with Crippen molar-refractivity contribution in [2.75, 3.05) is 6.54 Å². The first kappa shape index (κ1) is 10.6. The maximum Gasteiger partial charge on any atom is 0.257 e. The highest BCUT2D eigenvalue weighted by Gasteiger charge is 2.39. The second-order valence-electron chi connectivity index (χ2n) is 4.77. The van der Waals surface area contributed by atoms with Gasteiger partial charge in [0.1, 0.15) is 11.9 Å². The summed E-state index contributed by atoms with van der Waals surface area (Å²) in [6, 6.07) is 7.86. The van der Waals surface area contributed by atoms with E-state index in [0.29, 0.717) is 0 Å². The van der Waals surface area contributed by atoms with Crippen LogP contribution in [-0.2, 0) is 0 Å². The van der Waals surface area contributed by atoms with Crippen LogP contribution in [0.4, 0.5) is 0 Å². The Bertz CT molecular complexity index is 444. The number of hydrogen-bond donors (Lipinski definition) is 0. The van der Waals surface area contributed by atoms with Crippen LogP contribution >= 0.6 is 0 Å². The predicted molar refractivity (Wildman–Crippen MR) is 65.2 cm³/mol. The van der Waals surface area contributed by atoms with E-state index >= 15 is 0 Å². The van der Waals surface area contributed by atoms with Gasteiger partial charge >= 0.3 is 0 Å². The van der Waals surface area contributed by atoms with Crippen molar-refractivity contribution in [3.63, 3.8) is 0 Å². The summed E-state index contributed by atoms with van der Waals surface area (Å²) in [5, 5.41) is 0. The number of hydrogen-bond acceptors (Lipinski definition) is 2. The average molecular weight is 231 g/mol. The Morgan fingerprint density at radius 2 is 2.24 bits per heavy atom. The standard InChI is InChI=1S/C14H17NO2/c1-2-12-11-7-5-9-15(11)14(16)10-6-3-4-8-13(10)17-12/h3-4,6,8,11-12H,2,5,7,9H2,1H3/t11-,12+/m0/s1. The third-order valence-corrected chi connectivity index (χ3v) is 3.79. The number of rotatable bonds is 1. The van der Waals surface area contributed by atoms with Crippen LogP contribution in [0.2, 0.25) is 0 Å². The van der Waals surface area contributed by atoms with Crippen molar-refractivity contribution in [2.45, 2.75) is 38.3 Å². The molecular weight excluding hydrogens is 214 g/mol. The van der Waals surface area contributed by atoms with E-state index < -0.39 is 0 Å². The van der Waals surface area contributed by atoms with Gasteiger partial charge in [-0.3, -0.25) is 4.79 Å². The van der Waals surface area contributed by atoms with Gasteiger partial charge < -0.3 is 9.64 Å². The van der Waals surface area contributed by atoms with E-state index in [-0.39, 0.29) is 18.1 Å². The van der Waals surface area contributed by atoms with E-state index in [4.69, 9.17) is 4.74 Å². The zero-order valence-corrected chi connectivity index (χ0v) is 10.1. The lowest BCUT2D eigenvalue weighted by atomic mass is 10.1. The first-order chi connectivity index (χ1) is 8.31. The van der Waals surface area contributed by atoms with Crippen LogP contribution in [0.3, 0.4) is 0 Å². The molecule has 1 aromatic carbocycles. The van der Waals surface area contributed by atoms with E-state index in [0.717, 1.165) is 37.1 Å². The molecule has 2 heterocycles. The lowest BCUT2D eigenvalue weighted by Gasteiger charge is -2.27. The quantitative estimate of drug-likeness (QED) is 0.743. The second kappa shape index (κ2) is 4.06. The molecule has 2 aliphatic rings. The Hall–Kier alpha value is -1.51. The molecule has 0 spiro atoms. The molecule has 0 unspecified atom stereocenters. The fourth-order valence-electron chi connectivity index (χ4n) is 2.93. The van der Waals surface area contributed by atoms with Gasteiger partial charge in [0.2, 0.25) is 0 Å². The minimum atomic E-state index is 0.138. The first-order valence-corrected chi connectivity index (χ1v) is 6.38. The molecule has 0 N–H and O–H groups in total. The van der Waals surface area contributed by atoms with Gasteiger partial charge in [-0.15, -0.1) is 0 Å². The molecule has 2 aliphatic heterocycles. The SMILES string of the molecule is CC[C@H]1Oc2ccccc2C(=O)N2CCC[C@@H]12. The summed E-state index contributed by atoms with van der Waals surface area (Å²) in [5.41, 5.74) is 0.718. The summed E-state index contributed by atoms with van der Waals surface area (Å²) in [4.78, 5) is 14.4. The summed E-state index contributed by atoms with van der Waals surface area (Å²) in [5.74, 6) is 0.887. The van der Waals surface area contributed by atoms with Gasteiger partial charge in [0.05, 0.1) is 11.6 Å². The van der Waals surface area contributed by atoms with E-state index in [1.807, 2.05) is 29.2 Å². The van der Waals surface area contributed by atoms with Gasteiger partial charge in [-0.1, -0.05) is 19.1 Å². The van der Waals surface area contributed by atoms with E-state index in [1.165, 1.54) is 0 Å². The smallest absolute Gasteiger partial charge is 0.257 e. The molecule has 3 nitrogen and oxygen atoms in total. The normalized spacial score (nSPS) is 27.1. The fraction of sp³-hybridized carbons (Fsp3) is 0.500. The molecule has 3 rings (SSSR count). The number of carbonyl (C=O) groups is 1. The molecule has 1 amide bonds. The van der Waals surface area contributed by atoms with Gasteiger partial charge in [-0.2, -0.15) is 0 Å². The van der Waals surface area contributed by atoms with Crippen molar-refractivity contribution < 1.29 is 9.53 Å². The molecule has 0 radical (unpaired) electrons. The summed E-state index contributed by atoms with van der Waals surface area (Å²) in [6.45, 7) is 3.00. The summed E-state index contributed by atoms with van der Waals surface area (Å²) in [6.07, 6.45) is 3.25. The summed E-state index contributed by atoms with van der Waals surface area (Å²) in [7, 11) is 0. The van der Waals surface area contributed by atoms with Crippen molar-refractivity contribution in [1.82, 2.24) is 4.90 Å². The minimum absolute atomic E-state index is 0.138. The Labute approximate surface area is 101 Å². The van der Waals surface area contributed by atoms with Crippen LogP contribution in [0, 0.1) is 0 Å². The molecule has 2 atom stereocenters. The molecule has 1 aromatic rings. The van der Waals surface area contributed by atoms with Crippen molar-refractivity contribution in [1.29, 1.82) is 0 Å². The average Bonchev–Trinajstić information content (AvgIpc) is 2.81. The van der Waals surface area contributed by atoms with Gasteiger partial charge in [0.15, 0.2) is 0 Å². The Balaban J connectivity index is 2.06. The highest BCUT2D eigenvalue weighted by atomic mass is 16.5. The molecule has 17 heavy (non-hydrogen) atoms. The van der Waals surface area contributed by atoms with Crippen LogP contribution in [0.25, 0.3) is 0 Å². The van der Waals surface area contributed by atoms with Gasteiger partial charge in [0.25, 0.3) is 5.91 Å². The summed E-state index contributed by atoms with van der Waals surface area (Å²) >= 11 is 0. The van der Waals surface area contributed by atoms with Crippen molar-refractivity contribution in [3.8, 4) is 5.75 Å². The zero-order chi connectivity index (χ0) is 11.8. The van der Waals surface area contributed by atoms with Crippen LogP contribution in [-0.4, -0.2) is 29.5 Å². The van der Waals surface area contributed by atoms with Crippen LogP contribution in [0.1, 0.15) is 36.5 Å². The number of para-hydroxylation sites is 1. The molecule has 90 valence electrons. The maximum absolute atomic E-state index is 12.4. The molecule has 3 heteroatoms. The Morgan fingerprint density at radius 3 is 3.06 bits per heavy atom. The van der Waals surface area contributed by atoms with Gasteiger partial charge in [0, 0.05) is 6.54 Å². The van der Waals surface area contributed by atoms with Crippen molar-refractivity contribution in [3.05, 3.63) is 29.8 Å². The second-order valence-corrected chi connectivity index (χ2v) is 4.77. The van der Waals surface area contributed by atoms with Crippen LogP contribution < -0.4 is 4.74 Å². The van der Waals surface area contributed by atoms with Gasteiger partial charge in [-0.05, 0) is 31.4 Å². The highest BCUT2D eigenvalue weighted by Crippen LogP contribution is 2.33. The lowest BCUT2D eigenvalue weighted by molar-refractivity contribution is 0.0625.